The van der Waals surface area contributed by atoms with E-state index >= 15 is 0 Å². The zero-order valence-electron chi connectivity index (χ0n) is 62.8. The summed E-state index contributed by atoms with van der Waals surface area (Å²) in [6, 6.07) is 20.9. The summed E-state index contributed by atoms with van der Waals surface area (Å²) < 4.78 is 14.0. The maximum absolute atomic E-state index is 13.8. The Bertz CT molecular complexity index is 4250. The van der Waals surface area contributed by atoms with Gasteiger partial charge in [-0.15, -0.1) is 0 Å². The van der Waals surface area contributed by atoms with Crippen molar-refractivity contribution in [2.75, 3.05) is 74.5 Å². The first kappa shape index (κ1) is 79.9. The van der Waals surface area contributed by atoms with Crippen LogP contribution in [0.4, 0.5) is 26.2 Å². The first-order chi connectivity index (χ1) is 52.1. The minimum absolute atomic E-state index is 0.00110. The van der Waals surface area contributed by atoms with Gasteiger partial charge in [-0.2, -0.15) is 0 Å². The fourth-order valence-corrected chi connectivity index (χ4v) is 19.0. The van der Waals surface area contributed by atoms with Gasteiger partial charge in [-0.1, -0.05) is 81.9 Å². The Morgan fingerprint density at radius 2 is 1.50 bits per heavy atom. The largest absolute Gasteiger partial charge is 0.481 e. The second-order valence-electron chi connectivity index (χ2n) is 31.4. The number of hydrogen-bond donors (Lipinski definition) is 10. The lowest BCUT2D eigenvalue weighted by Gasteiger charge is -2.69. The van der Waals surface area contributed by atoms with Crippen LogP contribution in [0, 0.1) is 27.6 Å². The van der Waals surface area contributed by atoms with E-state index in [0.717, 1.165) is 64.8 Å². The molecule has 9 amide bonds. The zero-order valence-corrected chi connectivity index (χ0v) is 63.6. The Morgan fingerprint density at radius 1 is 0.771 bits per heavy atom. The number of carboxylic acid groups (broad SMARTS) is 2. The number of unbranched alkanes of at least 4 members (excludes halogenated alkanes) is 2. The summed E-state index contributed by atoms with van der Waals surface area (Å²) in [5.41, 5.74) is 10.1. The van der Waals surface area contributed by atoms with E-state index in [1.165, 1.54) is 29.7 Å². The monoisotopic (exact) mass is 1510 g/mol. The lowest BCUT2D eigenvalue weighted by atomic mass is 9.39. The summed E-state index contributed by atoms with van der Waals surface area (Å²) in [7, 11) is 0. The van der Waals surface area contributed by atoms with Crippen molar-refractivity contribution in [3.05, 3.63) is 130 Å². The van der Waals surface area contributed by atoms with Gasteiger partial charge in [0.25, 0.3) is 17.7 Å². The summed E-state index contributed by atoms with van der Waals surface area (Å²) in [4.78, 5) is 145. The zero-order chi connectivity index (χ0) is 77.8. The fourth-order valence-electron chi connectivity index (χ4n) is 18.1. The molecule has 29 heteroatoms. The number of aliphatic carboxylic acids is 1. The molecule has 11 N–H and O–H groups in total. The number of nitrogens with one attached hydrogen (secondary N) is 7. The highest BCUT2D eigenvalue weighted by atomic mass is 32.1. The highest BCUT2D eigenvalue weighted by Gasteiger charge is 2.66. The molecule has 3 aliphatic heterocycles. The Hall–Kier alpha value is -10.1. The van der Waals surface area contributed by atoms with E-state index in [2.05, 4.69) is 55.6 Å². The number of allylic oxidation sites excluding steroid dienone is 2. The molecule has 4 aliphatic carbocycles. The molecular formula is C80H102N14O14S. The van der Waals surface area contributed by atoms with E-state index in [1.807, 2.05) is 48.2 Å². The highest BCUT2D eigenvalue weighted by molar-refractivity contribution is 7.22. The molecule has 5 fully saturated rings. The molecule has 1 saturated heterocycles. The average molecular weight is 1520 g/mol. The van der Waals surface area contributed by atoms with Crippen molar-refractivity contribution in [1.82, 2.24) is 45.9 Å². The van der Waals surface area contributed by atoms with Gasteiger partial charge in [-0.25, -0.2) is 24.4 Å². The van der Waals surface area contributed by atoms with Crippen LogP contribution in [-0.4, -0.2) is 183 Å². The van der Waals surface area contributed by atoms with Crippen LogP contribution in [-0.2, 0) is 57.8 Å². The number of carbonyl (C=O) groups is 10. The molecule has 2 aromatic heterocycles. The van der Waals surface area contributed by atoms with Gasteiger partial charge in [0.05, 0.1) is 22.4 Å². The number of thiazole rings is 1. The van der Waals surface area contributed by atoms with Crippen LogP contribution < -0.4 is 42.5 Å². The van der Waals surface area contributed by atoms with Crippen LogP contribution in [0.1, 0.15) is 180 Å². The van der Waals surface area contributed by atoms with Crippen LogP contribution in [0.5, 0.6) is 0 Å². The van der Waals surface area contributed by atoms with Gasteiger partial charge in [0.15, 0.2) is 10.8 Å². The third kappa shape index (κ3) is 20.2. The van der Waals surface area contributed by atoms with Gasteiger partial charge in [0.1, 0.15) is 24.5 Å². The van der Waals surface area contributed by atoms with Crippen LogP contribution in [0.15, 0.2) is 96.7 Å². The molecule has 4 bridgehead atoms. The summed E-state index contributed by atoms with van der Waals surface area (Å²) in [6.07, 6.45) is 13.2. The number of carbonyl (C=O) groups excluding carboxylic acids is 8. The van der Waals surface area contributed by atoms with Crippen molar-refractivity contribution in [3.63, 3.8) is 0 Å². The van der Waals surface area contributed by atoms with E-state index in [0.29, 0.717) is 142 Å². The molecule has 3 aromatic carbocycles. The lowest BCUT2D eigenvalue weighted by Crippen LogP contribution is -2.65. The van der Waals surface area contributed by atoms with Crippen molar-refractivity contribution in [3.8, 4) is 0 Å². The quantitative estimate of drug-likeness (QED) is 0.0101. The van der Waals surface area contributed by atoms with Gasteiger partial charge in [0.2, 0.25) is 17.7 Å². The third-order valence-corrected chi connectivity index (χ3v) is 23.1. The smallest absolute Gasteiger partial charge is 0.410 e. The molecule has 0 spiro atoms. The fraction of sp³-hybridized carbons (Fsp3) is 0.512. The third-order valence-electron chi connectivity index (χ3n) is 22.2. The molecule has 3 unspecified atom stereocenters. The predicted octanol–water partition coefficient (Wildman–Crippen LogP) is 9.78. The number of carboxylic acids is 2. The molecule has 0 radical (unpaired) electrons. The number of aromatic nitrogens is 2. The standard InChI is InChI=1S/C80H102N14O14S/c1-50(2)68(89-64(95)19-7-6-10-34-94-65(96)27-28-66(94)97)72(102)86-61(17-12-32-83-74(82)105)71(101)85-54-23-21-52(22-24-54)42-107-76(106)92-36-30-55(31-37-92)91(33-13-20-67(98)99)38-39-108-80-46-77(4)43-78(5,47-80)45-79(44-77,48-80)49-84-51(3)58(40-81)56-25-26-63(88-69(56)73(103)104)93-35-29-53-14-11-15-57(59(53)41-93)70(100)90-75-87-60-16-8-9-18-62(60)109-75/h8-9,11,14-16,18,21-28,40,50,55,61,68,81,84H,6-7,10,12-13,17,19-20,29-39,41-49H2,1-5H3,(H,85,101)(H,86,102)(H,89,95)(H,98,99)(H,103,104)(H3,82,83,105)(H,87,90,100)/b58-51+,81-40?/t61-,68?,77?,78?,79?,80?/m0/s1. The van der Waals surface area contributed by atoms with E-state index in [9.17, 15) is 58.2 Å². The minimum Gasteiger partial charge on any atom is -0.481 e. The number of urea groups is 1. The number of para-hydroxylation sites is 1. The van der Waals surface area contributed by atoms with Crippen molar-refractivity contribution in [2.24, 2.45) is 27.9 Å². The second-order valence-corrected chi connectivity index (χ2v) is 32.5. The molecule has 12 rings (SSSR count). The number of likely N-dealkylation sites (tertiary alicyclic amines) is 1. The highest BCUT2D eigenvalue weighted by Crippen LogP contribution is 2.71. The normalized spacial score (nSPS) is 21.6. The molecule has 5 aromatic rings. The van der Waals surface area contributed by atoms with Crippen LogP contribution >= 0.6 is 11.3 Å². The number of benzene rings is 3. The van der Waals surface area contributed by atoms with E-state index < -0.39 is 53.6 Å². The molecule has 7 aliphatic rings. The van der Waals surface area contributed by atoms with E-state index in [-0.39, 0.29) is 103 Å². The van der Waals surface area contributed by atoms with Gasteiger partial charge in [-0.05, 0) is 185 Å². The number of piperidine rings is 1. The van der Waals surface area contributed by atoms with Gasteiger partial charge >= 0.3 is 24.1 Å². The molecule has 109 heavy (non-hydrogen) atoms. The molecule has 4 saturated carbocycles. The number of nitrogens with two attached hydrogens (primary N) is 1. The maximum atomic E-state index is 13.8. The molecular weight excluding hydrogens is 1410 g/mol. The summed E-state index contributed by atoms with van der Waals surface area (Å²) in [6.45, 7) is 14.4. The lowest BCUT2D eigenvalue weighted by molar-refractivity contribution is -0.244. The van der Waals surface area contributed by atoms with Crippen molar-refractivity contribution in [2.45, 2.75) is 181 Å². The van der Waals surface area contributed by atoms with Gasteiger partial charge < -0.3 is 67.2 Å². The number of ether oxygens (including phenoxy) is 2. The number of imide groups is 1. The number of aromatic carboxylic acids is 1. The number of nitrogens with zero attached hydrogens (tertiary/aromatic N) is 6. The van der Waals surface area contributed by atoms with Crippen LogP contribution in [0.2, 0.25) is 0 Å². The maximum Gasteiger partial charge on any atom is 0.410 e. The molecule has 28 nitrogen and oxygen atoms in total. The number of hydrogen-bond acceptors (Lipinski definition) is 19. The topological polar surface area (TPSA) is 390 Å². The van der Waals surface area contributed by atoms with Gasteiger partial charge in [-0.3, -0.25) is 48.7 Å². The average Bonchev–Trinajstić information content (AvgIpc) is 1.22. The first-order valence-corrected chi connectivity index (χ1v) is 38.7. The summed E-state index contributed by atoms with van der Waals surface area (Å²) in [5.74, 6) is -4.50. The Morgan fingerprint density at radius 3 is 2.19 bits per heavy atom. The number of rotatable bonds is 36. The second kappa shape index (κ2) is 35.1. The van der Waals surface area contributed by atoms with Crippen molar-refractivity contribution in [1.29, 1.82) is 5.41 Å². The summed E-state index contributed by atoms with van der Waals surface area (Å²) in [5, 5.41) is 47.2. The Balaban J connectivity index is 0.660. The number of primary amides is 1. The van der Waals surface area contributed by atoms with Crippen molar-refractivity contribution < 1.29 is 67.6 Å². The van der Waals surface area contributed by atoms with Crippen LogP contribution in [0.3, 0.4) is 0 Å². The predicted molar refractivity (Wildman–Crippen MR) is 413 cm³/mol. The first-order valence-electron chi connectivity index (χ1n) is 37.9. The van der Waals surface area contributed by atoms with E-state index in [4.69, 9.17) is 25.6 Å². The number of pyridine rings is 1. The Kier molecular flexibility index (Phi) is 25.7. The SMILES string of the molecule is C/C(NCC12CC3(C)CC(C)(C1)CC(OCCN(CCCC(=O)O)C1CCN(C(=O)OCc4ccc(NC(=O)[C@H](CCCNC(N)=O)NC(=O)C(NC(=O)CCCCCN5C(=O)C=CC5=O)C(C)C)cc4)CC1)(C3)C2)=C(/C=N)c1ccc(N2CCc3cccc(C(=O)Nc4nc5ccccc5s4)c3C2)nc1C(=O)O. The molecule has 4 atom stereocenters. The molecule has 582 valence electrons. The van der Waals surface area contributed by atoms with Gasteiger partial charge in [0, 0.05) is 118 Å². The van der Waals surface area contributed by atoms with Crippen molar-refractivity contribution >= 4 is 109 Å². The minimum atomic E-state index is -1.22. The van der Waals surface area contributed by atoms with Crippen LogP contribution in [0.25, 0.3) is 15.8 Å². The van der Waals surface area contributed by atoms with E-state index in [1.54, 1.807) is 61.2 Å². The number of fused-ring (bicyclic) bond motifs is 2. The number of anilines is 3. The summed E-state index contributed by atoms with van der Waals surface area (Å²) >= 11 is 1.40. The molecule has 5 heterocycles. The number of amides is 9. The Labute approximate surface area is 638 Å².